The molecule has 0 bridgehead atoms. The van der Waals surface area contributed by atoms with Gasteiger partial charge in [-0.1, -0.05) is 0 Å². The molecule has 0 radical (unpaired) electrons. The minimum absolute atomic E-state index is 0.402. The number of benzene rings is 1. The van der Waals surface area contributed by atoms with Gasteiger partial charge < -0.3 is 18.8 Å². The Balaban J connectivity index is 1.86. The summed E-state index contributed by atoms with van der Waals surface area (Å²) in [6, 6.07) is 6.42. The molecule has 0 N–H and O–H groups in total. The molecule has 0 amide bonds. The zero-order valence-electron chi connectivity index (χ0n) is 14.0. The summed E-state index contributed by atoms with van der Waals surface area (Å²) in [6.07, 6.45) is 8.79. The number of imidazole rings is 1. The first kappa shape index (κ1) is 15.9. The van der Waals surface area contributed by atoms with E-state index in [1.54, 1.807) is 21.3 Å². The second-order valence-corrected chi connectivity index (χ2v) is 5.89. The van der Waals surface area contributed by atoms with E-state index in [4.69, 9.17) is 14.2 Å². The first-order chi connectivity index (χ1) is 11.3. The van der Waals surface area contributed by atoms with Gasteiger partial charge in [0.05, 0.1) is 20.3 Å². The van der Waals surface area contributed by atoms with Gasteiger partial charge in [0.1, 0.15) is 5.82 Å². The lowest BCUT2D eigenvalue weighted by atomic mass is 9.92. The number of aromatic nitrogens is 2. The minimum atomic E-state index is 0.402. The summed E-state index contributed by atoms with van der Waals surface area (Å²) in [5.41, 5.74) is 1.04. The lowest BCUT2D eigenvalue weighted by molar-refractivity contribution is 0.0586. The van der Waals surface area contributed by atoms with E-state index in [0.29, 0.717) is 12.1 Å². The number of methoxy groups -OCH3 is 3. The molecule has 1 aliphatic rings. The van der Waals surface area contributed by atoms with E-state index in [2.05, 4.69) is 15.7 Å². The second-order valence-electron chi connectivity index (χ2n) is 5.89. The monoisotopic (exact) mass is 316 g/mol. The van der Waals surface area contributed by atoms with Crippen LogP contribution in [-0.4, -0.2) is 37.0 Å². The van der Waals surface area contributed by atoms with Gasteiger partial charge in [0.25, 0.3) is 0 Å². The van der Waals surface area contributed by atoms with Gasteiger partial charge in [0.15, 0.2) is 11.5 Å². The van der Waals surface area contributed by atoms with Gasteiger partial charge in [0, 0.05) is 31.1 Å². The molecule has 0 aliphatic heterocycles. The SMILES string of the molecule is COc1ccc(-c2nccn2C2CCC(OC)CC2)cc1OC. The van der Waals surface area contributed by atoms with Crippen LogP contribution in [0.4, 0.5) is 0 Å². The van der Waals surface area contributed by atoms with Crippen LogP contribution < -0.4 is 9.47 Å². The summed E-state index contributed by atoms with van der Waals surface area (Å²) in [5.74, 6) is 2.43. The van der Waals surface area contributed by atoms with Crippen molar-refractivity contribution in [2.75, 3.05) is 21.3 Å². The Morgan fingerprint density at radius 1 is 1.00 bits per heavy atom. The van der Waals surface area contributed by atoms with E-state index in [1.165, 1.54) is 0 Å². The standard InChI is InChI=1S/C18H24N2O3/c1-21-15-7-5-14(6-8-15)20-11-10-19-18(20)13-4-9-16(22-2)17(12-13)23-3/h4,9-12,14-15H,5-8H2,1-3H3. The number of nitrogens with zero attached hydrogens (tertiary/aromatic N) is 2. The van der Waals surface area contributed by atoms with Gasteiger partial charge in [0.2, 0.25) is 0 Å². The molecule has 5 heteroatoms. The van der Waals surface area contributed by atoms with Crippen molar-refractivity contribution in [2.24, 2.45) is 0 Å². The molecule has 1 fully saturated rings. The Morgan fingerprint density at radius 2 is 1.74 bits per heavy atom. The largest absolute Gasteiger partial charge is 0.493 e. The predicted molar refractivity (Wildman–Crippen MR) is 89.1 cm³/mol. The maximum atomic E-state index is 5.47. The van der Waals surface area contributed by atoms with E-state index in [9.17, 15) is 0 Å². The Bertz CT molecular complexity index is 645. The van der Waals surface area contributed by atoms with Crippen LogP contribution in [0.5, 0.6) is 11.5 Å². The third kappa shape index (κ3) is 3.20. The molecule has 3 rings (SSSR count). The van der Waals surface area contributed by atoms with E-state index < -0.39 is 0 Å². The van der Waals surface area contributed by atoms with Crippen LogP contribution in [0.2, 0.25) is 0 Å². The Kier molecular flexibility index (Phi) is 4.86. The summed E-state index contributed by atoms with van der Waals surface area (Å²) in [6.45, 7) is 0. The van der Waals surface area contributed by atoms with Crippen molar-refractivity contribution in [3.63, 3.8) is 0 Å². The molecule has 0 atom stereocenters. The Labute approximate surface area is 137 Å². The lowest BCUT2D eigenvalue weighted by Crippen LogP contribution is -2.22. The smallest absolute Gasteiger partial charge is 0.161 e. The third-order valence-corrected chi connectivity index (χ3v) is 4.68. The summed E-state index contributed by atoms with van der Waals surface area (Å²) in [4.78, 5) is 4.57. The fourth-order valence-electron chi connectivity index (χ4n) is 3.37. The molecule has 1 heterocycles. The van der Waals surface area contributed by atoms with Crippen LogP contribution >= 0.6 is 0 Å². The van der Waals surface area contributed by atoms with Crippen LogP contribution in [-0.2, 0) is 4.74 Å². The van der Waals surface area contributed by atoms with Crippen molar-refractivity contribution < 1.29 is 14.2 Å². The van der Waals surface area contributed by atoms with Gasteiger partial charge in [-0.05, 0) is 43.9 Å². The fourth-order valence-corrected chi connectivity index (χ4v) is 3.37. The average molecular weight is 316 g/mol. The summed E-state index contributed by atoms with van der Waals surface area (Å²) in [7, 11) is 5.10. The topological polar surface area (TPSA) is 45.5 Å². The molecule has 1 aliphatic carbocycles. The van der Waals surface area contributed by atoms with E-state index in [-0.39, 0.29) is 0 Å². The zero-order chi connectivity index (χ0) is 16.2. The Hall–Kier alpha value is -2.01. The fraction of sp³-hybridized carbons (Fsp3) is 0.500. The third-order valence-electron chi connectivity index (χ3n) is 4.68. The van der Waals surface area contributed by atoms with E-state index >= 15 is 0 Å². The quantitative estimate of drug-likeness (QED) is 0.844. The van der Waals surface area contributed by atoms with E-state index in [0.717, 1.165) is 48.6 Å². The van der Waals surface area contributed by atoms with Crippen molar-refractivity contribution in [1.29, 1.82) is 0 Å². The van der Waals surface area contributed by atoms with Crippen molar-refractivity contribution in [3.8, 4) is 22.9 Å². The molecule has 5 nitrogen and oxygen atoms in total. The van der Waals surface area contributed by atoms with Crippen LogP contribution in [0.3, 0.4) is 0 Å². The normalized spacial score (nSPS) is 21.2. The summed E-state index contributed by atoms with van der Waals surface area (Å²) >= 11 is 0. The summed E-state index contributed by atoms with van der Waals surface area (Å²) < 4.78 is 18.5. The molecule has 0 spiro atoms. The van der Waals surface area contributed by atoms with Gasteiger partial charge in [-0.15, -0.1) is 0 Å². The molecule has 1 saturated carbocycles. The van der Waals surface area contributed by atoms with Gasteiger partial charge in [-0.2, -0.15) is 0 Å². The highest BCUT2D eigenvalue weighted by molar-refractivity contribution is 5.61. The van der Waals surface area contributed by atoms with Gasteiger partial charge in [-0.3, -0.25) is 0 Å². The van der Waals surface area contributed by atoms with Crippen LogP contribution in [0.1, 0.15) is 31.7 Å². The molecule has 124 valence electrons. The molecular weight excluding hydrogens is 292 g/mol. The lowest BCUT2D eigenvalue weighted by Gasteiger charge is -2.29. The Morgan fingerprint density at radius 3 is 2.39 bits per heavy atom. The number of hydrogen-bond acceptors (Lipinski definition) is 4. The van der Waals surface area contributed by atoms with Crippen LogP contribution in [0, 0.1) is 0 Å². The van der Waals surface area contributed by atoms with Crippen molar-refractivity contribution in [1.82, 2.24) is 9.55 Å². The number of ether oxygens (including phenoxy) is 3. The van der Waals surface area contributed by atoms with Gasteiger partial charge >= 0.3 is 0 Å². The molecule has 23 heavy (non-hydrogen) atoms. The number of rotatable bonds is 5. The van der Waals surface area contributed by atoms with E-state index in [1.807, 2.05) is 24.4 Å². The van der Waals surface area contributed by atoms with Crippen molar-refractivity contribution in [2.45, 2.75) is 37.8 Å². The first-order valence-corrected chi connectivity index (χ1v) is 8.04. The summed E-state index contributed by atoms with van der Waals surface area (Å²) in [5, 5.41) is 0. The van der Waals surface area contributed by atoms with Crippen LogP contribution in [0.15, 0.2) is 30.6 Å². The van der Waals surface area contributed by atoms with Gasteiger partial charge in [-0.25, -0.2) is 4.98 Å². The average Bonchev–Trinajstić information content (AvgIpc) is 3.10. The molecule has 0 unspecified atom stereocenters. The molecular formula is C18H24N2O3. The highest BCUT2D eigenvalue weighted by Crippen LogP contribution is 2.35. The minimum Gasteiger partial charge on any atom is -0.493 e. The number of hydrogen-bond donors (Lipinski definition) is 0. The highest BCUT2D eigenvalue weighted by atomic mass is 16.5. The molecule has 0 saturated heterocycles. The maximum absolute atomic E-state index is 5.47. The second kappa shape index (κ2) is 7.04. The predicted octanol–water partition coefficient (Wildman–Crippen LogP) is 3.70. The highest BCUT2D eigenvalue weighted by Gasteiger charge is 2.24. The maximum Gasteiger partial charge on any atom is 0.161 e. The molecule has 1 aromatic heterocycles. The van der Waals surface area contributed by atoms with Crippen LogP contribution in [0.25, 0.3) is 11.4 Å². The first-order valence-electron chi connectivity index (χ1n) is 8.04. The zero-order valence-corrected chi connectivity index (χ0v) is 14.0. The molecule has 1 aromatic carbocycles. The molecule has 2 aromatic rings. The van der Waals surface area contributed by atoms with Crippen molar-refractivity contribution >= 4 is 0 Å². The van der Waals surface area contributed by atoms with Crippen molar-refractivity contribution in [3.05, 3.63) is 30.6 Å².